The zero-order valence-corrected chi connectivity index (χ0v) is 26.9. The third-order valence-corrected chi connectivity index (χ3v) is 8.11. The number of hydrazine groups is 1. The van der Waals surface area contributed by atoms with Crippen LogP contribution >= 0.6 is 0 Å². The summed E-state index contributed by atoms with van der Waals surface area (Å²) in [7, 11) is 0. The molecule has 4 N–H and O–H groups in total. The molecule has 2 aliphatic rings. The molecule has 1 aromatic heterocycles. The molecular weight excluding hydrogens is 578 g/mol. The Labute approximate surface area is 264 Å². The predicted molar refractivity (Wildman–Crippen MR) is 168 cm³/mol. The lowest BCUT2D eigenvalue weighted by Gasteiger charge is -2.41. The molecule has 2 aromatic rings. The van der Waals surface area contributed by atoms with Gasteiger partial charge in [0, 0.05) is 17.6 Å². The Bertz CT molecular complexity index is 1450. The summed E-state index contributed by atoms with van der Waals surface area (Å²) in [5.74, 6) is -3.60. The van der Waals surface area contributed by atoms with Crippen LogP contribution in [0.15, 0.2) is 36.4 Å². The fourth-order valence-electron chi connectivity index (χ4n) is 5.17. The fraction of sp³-hybridized carbons (Fsp3) is 0.545. The Morgan fingerprint density at radius 3 is 2.49 bits per heavy atom. The van der Waals surface area contributed by atoms with Crippen LogP contribution < -0.4 is 16.5 Å². The minimum absolute atomic E-state index is 0.0237. The van der Waals surface area contributed by atoms with Gasteiger partial charge >= 0.3 is 5.97 Å². The molecule has 2 aliphatic heterocycles. The van der Waals surface area contributed by atoms with E-state index in [9.17, 15) is 19.2 Å². The molecule has 12 heteroatoms. The van der Waals surface area contributed by atoms with Gasteiger partial charge in [0.2, 0.25) is 5.91 Å². The smallest absolute Gasteiger partial charge is 0.321 e. The molecular formula is C33H45N5O7. The first-order valence-corrected chi connectivity index (χ1v) is 15.5. The number of primary amides is 1. The largest absolute Gasteiger partial charge is 0.451 e. The molecule has 2 saturated heterocycles. The van der Waals surface area contributed by atoms with Crippen LogP contribution in [0.25, 0.3) is 17.0 Å². The van der Waals surface area contributed by atoms with Crippen molar-refractivity contribution in [2.24, 2.45) is 17.1 Å². The van der Waals surface area contributed by atoms with Crippen LogP contribution in [0.1, 0.15) is 65.6 Å². The standard InChI is InChI=1S/C33H45N5O7/c1-7-24-13-12-23-11-10-22(17-26(23)36-24)14-15-33(18-43-32(5,6)44-19-33)31(42)45-27(20(2)3)29(40)35-21(4)30(41)38-16-8-9-25(37-38)28(34)39/h10-15,17,20-21,25,27,37H,7-9,16,18-19H2,1-6H3,(H2,34,39)(H,35,40)/b15-14+. The van der Waals surface area contributed by atoms with Crippen LogP contribution in [0.2, 0.25) is 0 Å². The Morgan fingerprint density at radius 2 is 1.84 bits per heavy atom. The number of aryl methyl sites for hydroxylation is 1. The van der Waals surface area contributed by atoms with Gasteiger partial charge in [-0.1, -0.05) is 51.1 Å². The monoisotopic (exact) mass is 623 g/mol. The highest BCUT2D eigenvalue weighted by molar-refractivity contribution is 5.91. The van der Waals surface area contributed by atoms with Crippen molar-refractivity contribution in [2.75, 3.05) is 19.8 Å². The molecule has 3 heterocycles. The third-order valence-electron chi connectivity index (χ3n) is 8.11. The van der Waals surface area contributed by atoms with Crippen LogP contribution in [0.4, 0.5) is 0 Å². The summed E-state index contributed by atoms with van der Waals surface area (Å²) >= 11 is 0. The van der Waals surface area contributed by atoms with Crippen molar-refractivity contribution in [3.63, 3.8) is 0 Å². The van der Waals surface area contributed by atoms with E-state index in [1.807, 2.05) is 43.3 Å². The van der Waals surface area contributed by atoms with Crippen LogP contribution in [-0.4, -0.2) is 77.4 Å². The van der Waals surface area contributed by atoms with Gasteiger partial charge in [-0.3, -0.25) is 29.2 Å². The summed E-state index contributed by atoms with van der Waals surface area (Å²) in [4.78, 5) is 56.6. The minimum Gasteiger partial charge on any atom is -0.451 e. The Balaban J connectivity index is 1.51. The first kappa shape index (κ1) is 34.0. The van der Waals surface area contributed by atoms with E-state index in [2.05, 4.69) is 10.7 Å². The molecule has 0 saturated carbocycles. The lowest BCUT2D eigenvalue weighted by molar-refractivity contribution is -0.277. The van der Waals surface area contributed by atoms with Crippen LogP contribution in [0.3, 0.4) is 0 Å². The van der Waals surface area contributed by atoms with Gasteiger partial charge in [-0.05, 0) is 63.6 Å². The second-order valence-electron chi connectivity index (χ2n) is 12.6. The number of nitrogens with two attached hydrogens (primary N) is 1. The SMILES string of the molecule is CCc1ccc2ccc(/C=C/C3(C(=O)OC(C(=O)NC(C)C(=O)N4CCCC(C(N)=O)N4)C(C)C)COC(C)(C)OC3)cc2n1. The summed E-state index contributed by atoms with van der Waals surface area (Å²) in [6, 6.07) is 8.27. The average Bonchev–Trinajstić information content (AvgIpc) is 3.02. The van der Waals surface area contributed by atoms with Crippen LogP contribution in [0, 0.1) is 11.3 Å². The highest BCUT2D eigenvalue weighted by atomic mass is 16.7. The first-order valence-electron chi connectivity index (χ1n) is 15.5. The summed E-state index contributed by atoms with van der Waals surface area (Å²) in [6.07, 6.45) is 4.24. The Kier molecular flexibility index (Phi) is 10.6. The fourth-order valence-corrected chi connectivity index (χ4v) is 5.17. The number of ether oxygens (including phenoxy) is 3. The second kappa shape index (κ2) is 14.1. The van der Waals surface area contributed by atoms with Gasteiger partial charge in [-0.2, -0.15) is 0 Å². The number of nitrogens with one attached hydrogen (secondary N) is 2. The number of amides is 3. The maximum atomic E-state index is 13.9. The number of carbonyl (C=O) groups excluding carboxylic acids is 4. The summed E-state index contributed by atoms with van der Waals surface area (Å²) < 4.78 is 17.7. The molecule has 3 unspecified atom stereocenters. The first-order chi connectivity index (χ1) is 21.2. The van der Waals surface area contributed by atoms with Crippen molar-refractivity contribution in [1.29, 1.82) is 0 Å². The van der Waals surface area contributed by atoms with E-state index in [1.54, 1.807) is 33.8 Å². The van der Waals surface area contributed by atoms with Crippen molar-refractivity contribution in [1.82, 2.24) is 20.7 Å². The normalized spacial score (nSPS) is 21.0. The molecule has 2 fully saturated rings. The van der Waals surface area contributed by atoms with E-state index in [-0.39, 0.29) is 13.2 Å². The molecule has 12 nitrogen and oxygen atoms in total. The molecule has 0 spiro atoms. The van der Waals surface area contributed by atoms with Gasteiger partial charge in [0.15, 0.2) is 11.9 Å². The number of aromatic nitrogens is 1. The highest BCUT2D eigenvalue weighted by Gasteiger charge is 2.47. The topological polar surface area (TPSA) is 162 Å². The zero-order chi connectivity index (χ0) is 32.9. The molecule has 0 bridgehead atoms. The van der Waals surface area contributed by atoms with Gasteiger partial charge in [0.25, 0.3) is 11.8 Å². The third kappa shape index (κ3) is 8.24. The molecule has 4 rings (SSSR count). The van der Waals surface area contributed by atoms with Crippen LogP contribution in [0.5, 0.6) is 0 Å². The van der Waals surface area contributed by atoms with E-state index in [0.29, 0.717) is 19.4 Å². The van der Waals surface area contributed by atoms with E-state index in [4.69, 9.17) is 24.9 Å². The summed E-state index contributed by atoms with van der Waals surface area (Å²) in [5.41, 5.74) is 9.54. The predicted octanol–water partition coefficient (Wildman–Crippen LogP) is 2.63. The molecule has 45 heavy (non-hydrogen) atoms. The maximum Gasteiger partial charge on any atom is 0.321 e. The number of rotatable bonds is 10. The molecule has 0 radical (unpaired) electrons. The van der Waals surface area contributed by atoms with E-state index >= 15 is 0 Å². The van der Waals surface area contributed by atoms with Crippen molar-refractivity contribution < 1.29 is 33.4 Å². The van der Waals surface area contributed by atoms with Gasteiger partial charge in [0.05, 0.1) is 18.7 Å². The van der Waals surface area contributed by atoms with E-state index < -0.39 is 59.0 Å². The number of fused-ring (bicyclic) bond motifs is 1. The number of pyridine rings is 1. The van der Waals surface area contributed by atoms with Gasteiger partial charge in [0.1, 0.15) is 17.5 Å². The quantitative estimate of drug-likeness (QED) is 0.338. The average molecular weight is 624 g/mol. The molecule has 3 amide bonds. The maximum absolute atomic E-state index is 13.9. The van der Waals surface area contributed by atoms with E-state index in [1.165, 1.54) is 11.9 Å². The minimum atomic E-state index is -1.33. The molecule has 3 atom stereocenters. The number of benzene rings is 1. The number of carbonyl (C=O) groups is 4. The summed E-state index contributed by atoms with van der Waals surface area (Å²) in [5, 5.41) is 4.97. The highest BCUT2D eigenvalue weighted by Crippen LogP contribution is 2.34. The van der Waals surface area contributed by atoms with Crippen molar-refractivity contribution in [3.8, 4) is 0 Å². The van der Waals surface area contributed by atoms with Crippen molar-refractivity contribution >= 4 is 40.7 Å². The number of nitrogens with zero attached hydrogens (tertiary/aromatic N) is 2. The molecule has 1 aromatic carbocycles. The van der Waals surface area contributed by atoms with Gasteiger partial charge < -0.3 is 25.3 Å². The number of hydrogen-bond donors (Lipinski definition) is 3. The van der Waals surface area contributed by atoms with Gasteiger partial charge in [-0.25, -0.2) is 5.43 Å². The lowest BCUT2D eigenvalue weighted by atomic mass is 9.87. The Morgan fingerprint density at radius 1 is 1.16 bits per heavy atom. The van der Waals surface area contributed by atoms with Crippen molar-refractivity contribution in [2.45, 2.75) is 84.8 Å². The Hall–Kier alpha value is -3.87. The zero-order valence-electron chi connectivity index (χ0n) is 26.9. The lowest BCUT2D eigenvalue weighted by Crippen LogP contribution is -2.61. The van der Waals surface area contributed by atoms with Crippen molar-refractivity contribution in [3.05, 3.63) is 47.7 Å². The number of hydrogen-bond acceptors (Lipinski definition) is 9. The van der Waals surface area contributed by atoms with Crippen LogP contribution in [-0.2, 0) is 39.8 Å². The molecule has 0 aliphatic carbocycles. The van der Waals surface area contributed by atoms with Gasteiger partial charge in [-0.15, -0.1) is 0 Å². The molecule has 244 valence electrons. The van der Waals surface area contributed by atoms with E-state index in [0.717, 1.165) is 28.6 Å². The number of esters is 1. The second-order valence-corrected chi connectivity index (χ2v) is 12.6. The summed E-state index contributed by atoms with van der Waals surface area (Å²) in [6.45, 7) is 10.9.